The molecular formula is C56H97NO17. The number of ether oxygens (including phenoxy) is 17. The van der Waals surface area contributed by atoms with Crippen molar-refractivity contribution < 1.29 is 80.5 Å². The van der Waals surface area contributed by atoms with Crippen LogP contribution in [0.2, 0.25) is 0 Å². The third-order valence-electron chi connectivity index (χ3n) is 11.9. The van der Waals surface area contributed by atoms with Crippen LogP contribution in [-0.2, 0) is 85.9 Å². The van der Waals surface area contributed by atoms with E-state index in [0.29, 0.717) is 211 Å². The van der Waals surface area contributed by atoms with Gasteiger partial charge in [-0.05, 0) is 75.4 Å². The van der Waals surface area contributed by atoms with Gasteiger partial charge in [-0.1, -0.05) is 53.9 Å². The zero-order chi connectivity index (χ0) is 52.5. The van der Waals surface area contributed by atoms with E-state index in [2.05, 4.69) is 55.6 Å². The number of nitrogens with one attached hydrogen (secondary N) is 1. The summed E-state index contributed by atoms with van der Waals surface area (Å²) in [4.78, 5) is 0. The summed E-state index contributed by atoms with van der Waals surface area (Å²) in [6.45, 7) is 22.7. The van der Waals surface area contributed by atoms with Crippen LogP contribution >= 0.6 is 0 Å². The van der Waals surface area contributed by atoms with Crippen molar-refractivity contribution in [2.45, 2.75) is 51.4 Å². The molecule has 0 aliphatic heterocycles. The van der Waals surface area contributed by atoms with Crippen LogP contribution in [0.4, 0.5) is 0 Å². The molecule has 0 heterocycles. The Morgan fingerprint density at radius 1 is 0.311 bits per heavy atom. The van der Waals surface area contributed by atoms with Crippen molar-refractivity contribution in [2.75, 3.05) is 239 Å². The van der Waals surface area contributed by atoms with Gasteiger partial charge in [-0.3, -0.25) is 0 Å². The second kappa shape index (κ2) is 47.9. The van der Waals surface area contributed by atoms with E-state index in [1.807, 2.05) is 7.05 Å². The molecule has 1 aliphatic carbocycles. The minimum atomic E-state index is 0.0252. The van der Waals surface area contributed by atoms with Crippen LogP contribution in [0.5, 0.6) is 0 Å². The maximum atomic E-state index is 6.05. The molecule has 0 saturated carbocycles. The summed E-state index contributed by atoms with van der Waals surface area (Å²) in [6, 6.07) is 14.0. The number of methoxy groups -OCH3 is 1. The number of fused-ring (bicyclic) bond motifs is 3. The maximum absolute atomic E-state index is 6.05. The third kappa shape index (κ3) is 32.5. The molecule has 18 heteroatoms. The van der Waals surface area contributed by atoms with Crippen LogP contribution in [0.3, 0.4) is 0 Å². The molecule has 0 spiro atoms. The molecule has 428 valence electrons. The Kier molecular flexibility index (Phi) is 42.7. The summed E-state index contributed by atoms with van der Waals surface area (Å²) in [6.07, 6.45) is 5.58. The molecular weight excluding hydrogens is 959 g/mol. The molecule has 0 unspecified atom stereocenters. The first-order valence-electron chi connectivity index (χ1n) is 27.2. The van der Waals surface area contributed by atoms with Gasteiger partial charge >= 0.3 is 0 Å². The molecule has 0 fully saturated rings. The quantitative estimate of drug-likeness (QED) is 0.0806. The first-order chi connectivity index (χ1) is 36.6. The van der Waals surface area contributed by atoms with Gasteiger partial charge in [-0.2, -0.15) is 0 Å². The van der Waals surface area contributed by atoms with E-state index in [4.69, 9.17) is 80.5 Å². The largest absolute Gasteiger partial charge is 0.382 e. The Labute approximate surface area is 444 Å². The molecule has 3 rings (SSSR count). The minimum Gasteiger partial charge on any atom is -0.382 e. The van der Waals surface area contributed by atoms with Crippen LogP contribution in [0.1, 0.15) is 54.4 Å². The van der Waals surface area contributed by atoms with Gasteiger partial charge < -0.3 is 85.8 Å². The highest BCUT2D eigenvalue weighted by molar-refractivity contribution is 5.81. The Hall–Kier alpha value is -2.28. The van der Waals surface area contributed by atoms with E-state index >= 15 is 0 Å². The molecule has 2 aromatic carbocycles. The second-order valence-corrected chi connectivity index (χ2v) is 17.6. The lowest BCUT2D eigenvalue weighted by atomic mass is 9.70. The third-order valence-corrected chi connectivity index (χ3v) is 11.9. The molecule has 0 atom stereocenters. The first-order valence-corrected chi connectivity index (χ1v) is 27.2. The van der Waals surface area contributed by atoms with Gasteiger partial charge in [0.05, 0.1) is 211 Å². The lowest BCUT2D eigenvalue weighted by molar-refractivity contribution is -0.0306. The molecule has 0 saturated heterocycles. The summed E-state index contributed by atoms with van der Waals surface area (Å²) < 4.78 is 93.9. The highest BCUT2D eigenvalue weighted by Gasteiger charge is 2.42. The normalized spacial score (nSPS) is 12.8. The molecule has 0 radical (unpaired) electrons. The van der Waals surface area contributed by atoms with E-state index in [0.717, 1.165) is 32.4 Å². The van der Waals surface area contributed by atoms with Gasteiger partial charge in [0.2, 0.25) is 0 Å². The van der Waals surface area contributed by atoms with Crippen LogP contribution in [0.15, 0.2) is 36.4 Å². The fraction of sp³-hybridized carbons (Fsp3) is 0.786. The molecule has 18 nitrogen and oxygen atoms in total. The Balaban J connectivity index is 0.954. The average Bonchev–Trinajstić information content (AvgIpc) is 3.66. The van der Waals surface area contributed by atoms with E-state index in [1.54, 1.807) is 7.11 Å². The summed E-state index contributed by atoms with van der Waals surface area (Å²) in [5.74, 6) is 0. The Morgan fingerprint density at radius 2 is 0.554 bits per heavy atom. The van der Waals surface area contributed by atoms with Crippen LogP contribution in [-0.4, -0.2) is 239 Å². The van der Waals surface area contributed by atoms with Gasteiger partial charge in [-0.25, -0.2) is 0 Å². The number of aryl methyl sites for hydroxylation is 2. The predicted octanol–water partition coefficient (Wildman–Crippen LogP) is 5.65. The van der Waals surface area contributed by atoms with E-state index < -0.39 is 0 Å². The summed E-state index contributed by atoms with van der Waals surface area (Å²) >= 11 is 0. The zero-order valence-corrected chi connectivity index (χ0v) is 46.0. The Bertz CT molecular complexity index is 1510. The van der Waals surface area contributed by atoms with Gasteiger partial charge in [-0.15, -0.1) is 0 Å². The monoisotopic (exact) mass is 1060 g/mol. The number of rotatable bonds is 57. The molecule has 74 heavy (non-hydrogen) atoms. The van der Waals surface area contributed by atoms with E-state index in [9.17, 15) is 0 Å². The first kappa shape index (κ1) is 66.0. The number of benzene rings is 2. The zero-order valence-electron chi connectivity index (χ0n) is 46.0. The highest BCUT2D eigenvalue weighted by Crippen LogP contribution is 2.54. The Morgan fingerprint density at radius 3 is 0.811 bits per heavy atom. The van der Waals surface area contributed by atoms with E-state index in [-0.39, 0.29) is 5.41 Å². The fourth-order valence-corrected chi connectivity index (χ4v) is 8.13. The van der Waals surface area contributed by atoms with Gasteiger partial charge in [0.1, 0.15) is 0 Å². The maximum Gasteiger partial charge on any atom is 0.0701 e. The molecule has 1 aliphatic rings. The molecule has 2 aromatic rings. The minimum absolute atomic E-state index is 0.0252. The SMILES string of the molecule is CNCCCCC1(CCCOCCOCCOCCOCCOCCOCCOCCOCCOCCOCCOCCOCCOCCOCCOCCOCCOC)c2cc(C)ccc2-c2ccc(C)cc21. The lowest BCUT2D eigenvalue weighted by Crippen LogP contribution is -2.27. The fourth-order valence-electron chi connectivity index (χ4n) is 8.13. The van der Waals surface area contributed by atoms with Crippen molar-refractivity contribution in [3.8, 4) is 11.1 Å². The molecule has 0 bridgehead atoms. The van der Waals surface area contributed by atoms with Crippen molar-refractivity contribution in [1.29, 1.82) is 0 Å². The summed E-state index contributed by atoms with van der Waals surface area (Å²) in [7, 11) is 3.68. The van der Waals surface area contributed by atoms with Gasteiger partial charge in [0, 0.05) is 19.1 Å². The second-order valence-electron chi connectivity index (χ2n) is 17.6. The number of unbranched alkanes of at least 4 members (excludes halogenated alkanes) is 1. The van der Waals surface area contributed by atoms with Crippen molar-refractivity contribution in [1.82, 2.24) is 5.32 Å². The number of hydrogen-bond acceptors (Lipinski definition) is 18. The van der Waals surface area contributed by atoms with Crippen molar-refractivity contribution in [2.24, 2.45) is 0 Å². The topological polar surface area (TPSA) is 169 Å². The lowest BCUT2D eigenvalue weighted by Gasteiger charge is -2.33. The van der Waals surface area contributed by atoms with Crippen molar-refractivity contribution in [3.63, 3.8) is 0 Å². The van der Waals surface area contributed by atoms with Gasteiger partial charge in [0.15, 0.2) is 0 Å². The van der Waals surface area contributed by atoms with Crippen LogP contribution in [0.25, 0.3) is 11.1 Å². The summed E-state index contributed by atoms with van der Waals surface area (Å²) in [5, 5.41) is 3.32. The van der Waals surface area contributed by atoms with Crippen LogP contribution in [0, 0.1) is 13.8 Å². The van der Waals surface area contributed by atoms with E-state index in [1.165, 1.54) is 46.2 Å². The smallest absolute Gasteiger partial charge is 0.0701 e. The van der Waals surface area contributed by atoms with Crippen molar-refractivity contribution >= 4 is 0 Å². The van der Waals surface area contributed by atoms with Crippen molar-refractivity contribution in [3.05, 3.63) is 58.7 Å². The summed E-state index contributed by atoms with van der Waals surface area (Å²) in [5.41, 5.74) is 8.46. The van der Waals surface area contributed by atoms with Gasteiger partial charge in [0.25, 0.3) is 0 Å². The molecule has 0 amide bonds. The number of hydrogen-bond donors (Lipinski definition) is 1. The highest BCUT2D eigenvalue weighted by atomic mass is 16.6. The predicted molar refractivity (Wildman–Crippen MR) is 284 cm³/mol. The molecule has 1 N–H and O–H groups in total. The average molecular weight is 1060 g/mol. The van der Waals surface area contributed by atoms with Crippen LogP contribution < -0.4 is 5.32 Å². The standard InChI is InChI=1S/C56H97NO17/c1-50-8-10-52-53-11-9-51(2)49-55(53)56(54(52)48-50,12-5-6-14-57-3)13-7-15-59-18-19-61-22-23-63-26-27-65-30-31-67-34-35-69-38-39-71-42-43-73-46-47-74-45-44-72-41-40-70-37-36-68-33-32-66-29-28-64-25-24-62-21-20-60-17-16-58-4/h8-11,48-49,57H,5-7,12-47H2,1-4H3. The molecule has 0 aromatic heterocycles.